The zero-order chi connectivity index (χ0) is 16.9. The first-order valence-corrected chi connectivity index (χ1v) is 8.42. The van der Waals surface area contributed by atoms with Crippen molar-refractivity contribution in [2.24, 2.45) is 5.73 Å². The van der Waals surface area contributed by atoms with E-state index in [4.69, 9.17) is 5.73 Å². The summed E-state index contributed by atoms with van der Waals surface area (Å²) in [6.45, 7) is 6.94. The first kappa shape index (κ1) is 16.5. The highest BCUT2D eigenvalue weighted by molar-refractivity contribution is 5.94. The van der Waals surface area contributed by atoms with Gasteiger partial charge in [-0.05, 0) is 37.1 Å². The van der Waals surface area contributed by atoms with Crippen LogP contribution in [0.1, 0.15) is 21.6 Å². The maximum absolute atomic E-state index is 11.5. The predicted octanol–water partition coefficient (Wildman–Crippen LogP) is 1.85. The molecule has 2 N–H and O–H groups in total. The molecule has 0 atom stereocenters. The van der Waals surface area contributed by atoms with Gasteiger partial charge in [-0.1, -0.05) is 24.3 Å². The number of pyridine rings is 1. The van der Waals surface area contributed by atoms with Gasteiger partial charge in [0.1, 0.15) is 5.82 Å². The highest BCUT2D eigenvalue weighted by Gasteiger charge is 2.18. The molecule has 0 radical (unpaired) electrons. The fourth-order valence-corrected chi connectivity index (χ4v) is 3.16. The van der Waals surface area contributed by atoms with Crippen molar-refractivity contribution in [2.45, 2.75) is 13.3 Å². The predicted molar refractivity (Wildman–Crippen MR) is 96.3 cm³/mol. The molecule has 1 fully saturated rings. The van der Waals surface area contributed by atoms with Crippen LogP contribution in [-0.4, -0.2) is 48.5 Å². The van der Waals surface area contributed by atoms with Crippen LogP contribution in [0.5, 0.6) is 0 Å². The molecule has 2 heterocycles. The minimum absolute atomic E-state index is 0.346. The largest absolute Gasteiger partial charge is 0.366 e. The van der Waals surface area contributed by atoms with Crippen molar-refractivity contribution in [2.75, 3.05) is 37.6 Å². The first-order chi connectivity index (χ1) is 11.6. The van der Waals surface area contributed by atoms with Crippen molar-refractivity contribution in [1.82, 2.24) is 9.88 Å². The number of rotatable bonds is 5. The topological polar surface area (TPSA) is 62.5 Å². The number of anilines is 1. The summed E-state index contributed by atoms with van der Waals surface area (Å²) in [5, 5.41) is 0. The van der Waals surface area contributed by atoms with Gasteiger partial charge in [-0.2, -0.15) is 0 Å². The third kappa shape index (κ3) is 3.92. The SMILES string of the molecule is Cc1cccc(N2CCN(CCc3ccccc3C(N)=O)CC2)n1. The third-order valence-electron chi connectivity index (χ3n) is 4.55. The number of carbonyl (C=O) groups excluding carboxylic acids is 1. The molecule has 0 unspecified atom stereocenters. The summed E-state index contributed by atoms with van der Waals surface area (Å²) in [5.74, 6) is 0.717. The second kappa shape index (κ2) is 7.45. The van der Waals surface area contributed by atoms with E-state index in [9.17, 15) is 4.79 Å². The van der Waals surface area contributed by atoms with Crippen LogP contribution < -0.4 is 10.6 Å². The molecule has 1 amide bonds. The Balaban J connectivity index is 1.54. The fourth-order valence-electron chi connectivity index (χ4n) is 3.16. The number of benzene rings is 1. The summed E-state index contributed by atoms with van der Waals surface area (Å²) >= 11 is 0. The molecular weight excluding hydrogens is 300 g/mol. The van der Waals surface area contributed by atoms with Crippen molar-refractivity contribution in [3.8, 4) is 0 Å². The quantitative estimate of drug-likeness (QED) is 0.912. The van der Waals surface area contributed by atoms with Crippen LogP contribution in [0.2, 0.25) is 0 Å². The molecule has 1 aliphatic rings. The van der Waals surface area contributed by atoms with Crippen LogP contribution in [0.25, 0.3) is 0 Å². The van der Waals surface area contributed by atoms with Crippen LogP contribution >= 0.6 is 0 Å². The summed E-state index contributed by atoms with van der Waals surface area (Å²) in [6, 6.07) is 13.8. The monoisotopic (exact) mass is 324 g/mol. The van der Waals surface area contributed by atoms with E-state index in [0.717, 1.165) is 56.2 Å². The van der Waals surface area contributed by atoms with Crippen molar-refractivity contribution in [1.29, 1.82) is 0 Å². The van der Waals surface area contributed by atoms with Gasteiger partial charge in [0, 0.05) is 44.0 Å². The number of piperazine rings is 1. The molecule has 5 nitrogen and oxygen atoms in total. The molecule has 1 saturated heterocycles. The normalized spacial score (nSPS) is 15.5. The Morgan fingerprint density at radius 1 is 1.08 bits per heavy atom. The summed E-state index contributed by atoms with van der Waals surface area (Å²) in [4.78, 5) is 20.9. The molecule has 126 valence electrons. The Hall–Kier alpha value is -2.40. The number of aromatic nitrogens is 1. The summed E-state index contributed by atoms with van der Waals surface area (Å²) in [6.07, 6.45) is 0.849. The minimum Gasteiger partial charge on any atom is -0.366 e. The zero-order valence-electron chi connectivity index (χ0n) is 14.1. The Morgan fingerprint density at radius 2 is 1.83 bits per heavy atom. The molecule has 0 saturated carbocycles. The Bertz CT molecular complexity index is 708. The van der Waals surface area contributed by atoms with Crippen molar-refractivity contribution < 1.29 is 4.79 Å². The van der Waals surface area contributed by atoms with Crippen molar-refractivity contribution >= 4 is 11.7 Å². The number of nitrogens with two attached hydrogens (primary N) is 1. The molecule has 0 bridgehead atoms. The standard InChI is InChI=1S/C19H24N4O/c1-15-5-4-8-18(21-15)23-13-11-22(12-14-23)10-9-16-6-2-3-7-17(16)19(20)24/h2-8H,9-14H2,1H3,(H2,20,24). The molecule has 0 aliphatic carbocycles. The second-order valence-corrected chi connectivity index (χ2v) is 6.24. The number of hydrogen-bond acceptors (Lipinski definition) is 4. The smallest absolute Gasteiger partial charge is 0.248 e. The van der Waals surface area contributed by atoms with E-state index in [-0.39, 0.29) is 5.91 Å². The van der Waals surface area contributed by atoms with Crippen LogP contribution in [0.4, 0.5) is 5.82 Å². The van der Waals surface area contributed by atoms with Gasteiger partial charge in [-0.15, -0.1) is 0 Å². The number of primary amides is 1. The van der Waals surface area contributed by atoms with E-state index in [0.29, 0.717) is 5.56 Å². The van der Waals surface area contributed by atoms with Crippen LogP contribution in [0.15, 0.2) is 42.5 Å². The summed E-state index contributed by atoms with van der Waals surface area (Å²) < 4.78 is 0. The fraction of sp³-hybridized carbons (Fsp3) is 0.368. The lowest BCUT2D eigenvalue weighted by atomic mass is 10.0. The second-order valence-electron chi connectivity index (χ2n) is 6.24. The van der Waals surface area contributed by atoms with Crippen LogP contribution in [0, 0.1) is 6.92 Å². The number of aryl methyl sites for hydroxylation is 1. The van der Waals surface area contributed by atoms with Crippen LogP contribution in [0.3, 0.4) is 0 Å². The first-order valence-electron chi connectivity index (χ1n) is 8.42. The van der Waals surface area contributed by atoms with E-state index < -0.39 is 0 Å². The van der Waals surface area contributed by atoms with E-state index in [1.807, 2.05) is 31.2 Å². The molecule has 1 aromatic heterocycles. The highest BCUT2D eigenvalue weighted by atomic mass is 16.1. The molecule has 5 heteroatoms. The number of nitrogens with zero attached hydrogens (tertiary/aromatic N) is 3. The van der Waals surface area contributed by atoms with Gasteiger partial charge in [0.25, 0.3) is 0 Å². The summed E-state index contributed by atoms with van der Waals surface area (Å²) in [7, 11) is 0. The molecule has 3 rings (SSSR count). The lowest BCUT2D eigenvalue weighted by molar-refractivity contribution is 0.0999. The molecule has 2 aromatic rings. The number of amides is 1. The van der Waals surface area contributed by atoms with Crippen molar-refractivity contribution in [3.63, 3.8) is 0 Å². The average Bonchev–Trinajstić information content (AvgIpc) is 2.60. The highest BCUT2D eigenvalue weighted by Crippen LogP contribution is 2.15. The molecule has 1 aliphatic heterocycles. The number of hydrogen-bond donors (Lipinski definition) is 1. The lowest BCUT2D eigenvalue weighted by Gasteiger charge is -2.35. The molecule has 24 heavy (non-hydrogen) atoms. The third-order valence-corrected chi connectivity index (χ3v) is 4.55. The zero-order valence-corrected chi connectivity index (χ0v) is 14.1. The van der Waals surface area contributed by atoms with Gasteiger partial charge in [0.05, 0.1) is 0 Å². The Kier molecular flexibility index (Phi) is 5.11. The van der Waals surface area contributed by atoms with Crippen molar-refractivity contribution in [3.05, 3.63) is 59.3 Å². The average molecular weight is 324 g/mol. The van der Waals surface area contributed by atoms with E-state index in [1.165, 1.54) is 0 Å². The van der Waals surface area contributed by atoms with Gasteiger partial charge in [0.15, 0.2) is 0 Å². The van der Waals surface area contributed by atoms with Gasteiger partial charge in [0.2, 0.25) is 5.91 Å². The van der Waals surface area contributed by atoms with Crippen LogP contribution in [-0.2, 0) is 6.42 Å². The molecular formula is C19H24N4O. The van der Waals surface area contributed by atoms with Gasteiger partial charge in [-0.25, -0.2) is 4.98 Å². The molecule has 1 aromatic carbocycles. The maximum atomic E-state index is 11.5. The van der Waals surface area contributed by atoms with E-state index >= 15 is 0 Å². The van der Waals surface area contributed by atoms with Gasteiger partial charge >= 0.3 is 0 Å². The Morgan fingerprint density at radius 3 is 2.54 bits per heavy atom. The summed E-state index contributed by atoms with van der Waals surface area (Å²) in [5.41, 5.74) is 8.18. The van der Waals surface area contributed by atoms with Gasteiger partial charge < -0.3 is 10.6 Å². The number of carbonyl (C=O) groups is 1. The molecule has 0 spiro atoms. The minimum atomic E-state index is -0.346. The Labute approximate surface area is 143 Å². The van der Waals surface area contributed by atoms with E-state index in [1.54, 1.807) is 6.07 Å². The van der Waals surface area contributed by atoms with Gasteiger partial charge in [-0.3, -0.25) is 9.69 Å². The van der Waals surface area contributed by atoms with E-state index in [2.05, 4.69) is 26.9 Å². The lowest BCUT2D eigenvalue weighted by Crippen LogP contribution is -2.47. The maximum Gasteiger partial charge on any atom is 0.248 e.